The molecule has 2 atom stereocenters. The van der Waals surface area contributed by atoms with Crippen molar-refractivity contribution in [3.05, 3.63) is 71.3 Å². The van der Waals surface area contributed by atoms with Crippen LogP contribution in [0.4, 0.5) is 11.4 Å². The molecule has 8 heteroatoms. The van der Waals surface area contributed by atoms with Gasteiger partial charge in [-0.05, 0) is 49.2 Å². The maximum Gasteiger partial charge on any atom is 0.307 e. The Balaban J connectivity index is 1.43. The van der Waals surface area contributed by atoms with Crippen molar-refractivity contribution in [1.29, 1.82) is 0 Å². The lowest BCUT2D eigenvalue weighted by Crippen LogP contribution is -2.49. The normalized spacial score (nSPS) is 20.4. The number of hydrogen-bond acceptors (Lipinski definition) is 4. The maximum absolute atomic E-state index is 13.3. The summed E-state index contributed by atoms with van der Waals surface area (Å²) in [4.78, 5) is 41.7. The number of allylic oxidation sites excluding steroid dienone is 2. The Morgan fingerprint density at radius 3 is 2.18 bits per heavy atom. The Labute approximate surface area is 197 Å². The first kappa shape index (κ1) is 22.9. The van der Waals surface area contributed by atoms with Crippen molar-refractivity contribution < 1.29 is 19.5 Å². The van der Waals surface area contributed by atoms with E-state index in [1.807, 2.05) is 30.3 Å². The predicted molar refractivity (Wildman–Crippen MR) is 128 cm³/mol. The summed E-state index contributed by atoms with van der Waals surface area (Å²) >= 11 is 5.97. The Bertz CT molecular complexity index is 1060. The summed E-state index contributed by atoms with van der Waals surface area (Å²) in [7, 11) is 0. The van der Waals surface area contributed by atoms with Crippen molar-refractivity contribution in [1.82, 2.24) is 4.90 Å². The number of rotatable bonds is 5. The molecule has 2 aromatic carbocycles. The zero-order valence-electron chi connectivity index (χ0n) is 18.1. The first-order valence-corrected chi connectivity index (χ1v) is 11.4. The lowest BCUT2D eigenvalue weighted by Gasteiger charge is -2.36. The highest BCUT2D eigenvalue weighted by molar-refractivity contribution is 6.30. The molecule has 0 spiro atoms. The number of amides is 2. The number of para-hydroxylation sites is 1. The van der Waals surface area contributed by atoms with E-state index in [2.05, 4.69) is 10.2 Å². The summed E-state index contributed by atoms with van der Waals surface area (Å²) < 4.78 is 0. The van der Waals surface area contributed by atoms with Gasteiger partial charge in [-0.3, -0.25) is 14.4 Å². The number of benzene rings is 2. The van der Waals surface area contributed by atoms with Gasteiger partial charge in [0.25, 0.3) is 5.91 Å². The number of carboxylic acids is 1. The highest BCUT2D eigenvalue weighted by Crippen LogP contribution is 2.28. The smallest absolute Gasteiger partial charge is 0.307 e. The van der Waals surface area contributed by atoms with Gasteiger partial charge in [-0.2, -0.15) is 0 Å². The van der Waals surface area contributed by atoms with Gasteiger partial charge < -0.3 is 20.2 Å². The summed E-state index contributed by atoms with van der Waals surface area (Å²) in [6, 6.07) is 14.5. The number of nitrogens with one attached hydrogen (secondary N) is 1. The van der Waals surface area contributed by atoms with E-state index in [0.29, 0.717) is 55.3 Å². The van der Waals surface area contributed by atoms with Crippen molar-refractivity contribution in [3.63, 3.8) is 0 Å². The van der Waals surface area contributed by atoms with Crippen LogP contribution in [0.15, 0.2) is 60.7 Å². The Morgan fingerprint density at radius 1 is 0.879 bits per heavy atom. The number of piperazine rings is 1. The van der Waals surface area contributed by atoms with Crippen LogP contribution in [0.5, 0.6) is 0 Å². The van der Waals surface area contributed by atoms with E-state index in [4.69, 9.17) is 11.6 Å². The molecule has 0 radical (unpaired) electrons. The monoisotopic (exact) mass is 467 g/mol. The molecule has 2 N–H and O–H groups in total. The highest BCUT2D eigenvalue weighted by Gasteiger charge is 2.34. The van der Waals surface area contributed by atoms with Crippen LogP contribution in [-0.2, 0) is 9.59 Å². The average Bonchev–Trinajstić information content (AvgIpc) is 2.84. The van der Waals surface area contributed by atoms with Gasteiger partial charge >= 0.3 is 5.97 Å². The Hall–Kier alpha value is -3.32. The standard InChI is InChI=1S/C25H26ClN3O4/c26-17-9-11-18(12-10-17)28-13-15-29(16-14-28)24(31)21-7-3-4-8-22(21)27-23(30)19-5-1-2-6-20(19)25(32)33/h1-4,7-12,19-20H,5-6,13-16H2,(H,27,30)(H,32,33)/t19-,20-/m0/s1. The van der Waals surface area contributed by atoms with Crippen LogP contribution in [0.1, 0.15) is 23.2 Å². The molecule has 1 saturated heterocycles. The molecule has 1 aliphatic heterocycles. The molecule has 0 unspecified atom stereocenters. The maximum atomic E-state index is 13.3. The molecule has 2 aromatic rings. The Kier molecular flexibility index (Phi) is 6.99. The quantitative estimate of drug-likeness (QED) is 0.651. The van der Waals surface area contributed by atoms with E-state index < -0.39 is 17.8 Å². The van der Waals surface area contributed by atoms with Crippen LogP contribution in [0.25, 0.3) is 0 Å². The molecule has 0 bridgehead atoms. The van der Waals surface area contributed by atoms with Gasteiger partial charge in [0.1, 0.15) is 0 Å². The molecule has 0 saturated carbocycles. The predicted octanol–water partition coefficient (Wildman–Crippen LogP) is 3.91. The third-order valence-corrected chi connectivity index (χ3v) is 6.51. The fraction of sp³-hybridized carbons (Fsp3) is 0.320. The minimum Gasteiger partial charge on any atom is -0.481 e. The van der Waals surface area contributed by atoms with E-state index in [9.17, 15) is 19.5 Å². The fourth-order valence-electron chi connectivity index (χ4n) is 4.37. The number of anilines is 2. The molecule has 2 aliphatic rings. The van der Waals surface area contributed by atoms with Crippen molar-refractivity contribution in [3.8, 4) is 0 Å². The van der Waals surface area contributed by atoms with E-state index in [0.717, 1.165) is 5.69 Å². The Morgan fingerprint density at radius 2 is 1.52 bits per heavy atom. The molecule has 4 rings (SSSR count). The molecule has 172 valence electrons. The summed E-state index contributed by atoms with van der Waals surface area (Å²) in [6.07, 6.45) is 4.32. The number of carboxylic acid groups (broad SMARTS) is 1. The first-order valence-electron chi connectivity index (χ1n) is 11.0. The topological polar surface area (TPSA) is 89.9 Å². The minimum absolute atomic E-state index is 0.153. The average molecular weight is 468 g/mol. The second-order valence-electron chi connectivity index (χ2n) is 8.28. The van der Waals surface area contributed by atoms with Gasteiger partial charge in [0, 0.05) is 36.9 Å². The summed E-state index contributed by atoms with van der Waals surface area (Å²) in [5.41, 5.74) is 1.88. The van der Waals surface area contributed by atoms with E-state index in [-0.39, 0.29) is 11.8 Å². The third kappa shape index (κ3) is 5.20. The third-order valence-electron chi connectivity index (χ3n) is 6.26. The minimum atomic E-state index is -0.984. The molecule has 2 amide bonds. The molecule has 7 nitrogen and oxygen atoms in total. The van der Waals surface area contributed by atoms with Gasteiger partial charge in [0.2, 0.25) is 5.91 Å². The summed E-state index contributed by atoms with van der Waals surface area (Å²) in [6.45, 7) is 2.49. The zero-order chi connectivity index (χ0) is 23.4. The number of aliphatic carboxylic acids is 1. The largest absolute Gasteiger partial charge is 0.481 e. The fourth-order valence-corrected chi connectivity index (χ4v) is 4.50. The van der Waals surface area contributed by atoms with Crippen molar-refractivity contribution in [2.75, 3.05) is 36.4 Å². The molecule has 33 heavy (non-hydrogen) atoms. The summed E-state index contributed by atoms with van der Waals surface area (Å²) in [5.74, 6) is -2.95. The van der Waals surface area contributed by atoms with Gasteiger partial charge in [0.15, 0.2) is 0 Å². The summed E-state index contributed by atoms with van der Waals surface area (Å²) in [5, 5.41) is 13.0. The van der Waals surface area contributed by atoms with Gasteiger partial charge in [-0.1, -0.05) is 35.9 Å². The molecule has 1 heterocycles. The van der Waals surface area contributed by atoms with E-state index in [1.54, 1.807) is 35.2 Å². The van der Waals surface area contributed by atoms with Crippen molar-refractivity contribution in [2.45, 2.75) is 12.8 Å². The van der Waals surface area contributed by atoms with Gasteiger partial charge in [-0.15, -0.1) is 0 Å². The van der Waals surface area contributed by atoms with Gasteiger partial charge in [-0.25, -0.2) is 0 Å². The van der Waals surface area contributed by atoms with E-state index >= 15 is 0 Å². The molecular formula is C25H26ClN3O4. The van der Waals surface area contributed by atoms with E-state index in [1.165, 1.54) is 0 Å². The zero-order valence-corrected chi connectivity index (χ0v) is 18.9. The first-order chi connectivity index (χ1) is 15.9. The molecule has 1 fully saturated rings. The number of nitrogens with zero attached hydrogens (tertiary/aromatic N) is 2. The van der Waals surface area contributed by atoms with Crippen LogP contribution in [0, 0.1) is 11.8 Å². The number of hydrogen-bond donors (Lipinski definition) is 2. The van der Waals surface area contributed by atoms with Crippen LogP contribution in [0.2, 0.25) is 5.02 Å². The highest BCUT2D eigenvalue weighted by atomic mass is 35.5. The lowest BCUT2D eigenvalue weighted by molar-refractivity contribution is -0.146. The van der Waals surface area contributed by atoms with Crippen LogP contribution in [0.3, 0.4) is 0 Å². The van der Waals surface area contributed by atoms with Crippen molar-refractivity contribution in [2.24, 2.45) is 11.8 Å². The lowest BCUT2D eigenvalue weighted by atomic mass is 9.82. The molecule has 1 aliphatic carbocycles. The number of carbonyl (C=O) groups excluding carboxylic acids is 2. The number of carbonyl (C=O) groups is 3. The SMILES string of the molecule is O=C(O)[C@H]1CC=CC[C@@H]1C(=O)Nc1ccccc1C(=O)N1CCN(c2ccc(Cl)cc2)CC1. The molecule has 0 aromatic heterocycles. The van der Waals surface area contributed by atoms with Gasteiger partial charge in [0.05, 0.1) is 23.1 Å². The van der Waals surface area contributed by atoms with Crippen LogP contribution < -0.4 is 10.2 Å². The van der Waals surface area contributed by atoms with Crippen molar-refractivity contribution >= 4 is 40.8 Å². The van der Waals surface area contributed by atoms with Crippen LogP contribution >= 0.6 is 11.6 Å². The second kappa shape index (κ2) is 10.1. The second-order valence-corrected chi connectivity index (χ2v) is 8.72. The van der Waals surface area contributed by atoms with Crippen LogP contribution in [-0.4, -0.2) is 54.0 Å². The number of halogens is 1. The molecular weight excluding hydrogens is 442 g/mol.